The van der Waals surface area contributed by atoms with Crippen LogP contribution in [-0.2, 0) is 11.8 Å². The molecule has 0 aliphatic carbocycles. The van der Waals surface area contributed by atoms with Gasteiger partial charge in [0.25, 0.3) is 0 Å². The van der Waals surface area contributed by atoms with Crippen LogP contribution in [0.4, 0.5) is 0 Å². The molecular formula is C24H38O4. The van der Waals surface area contributed by atoms with E-state index < -0.39 is 0 Å². The second-order valence-corrected chi connectivity index (χ2v) is 7.62. The minimum Gasteiger partial charge on any atom is -0.508 e. The van der Waals surface area contributed by atoms with E-state index in [9.17, 15) is 15.3 Å². The van der Waals surface area contributed by atoms with Gasteiger partial charge in [-0.25, -0.2) is 0 Å². The predicted octanol–water partition coefficient (Wildman–Crippen LogP) is 6.31. The van der Waals surface area contributed by atoms with Crippen LogP contribution in [0.15, 0.2) is 18.2 Å². The Morgan fingerprint density at radius 2 is 1.36 bits per heavy atom. The molecule has 0 amide bonds. The highest BCUT2D eigenvalue weighted by Gasteiger charge is 2.23. The van der Waals surface area contributed by atoms with E-state index in [1.807, 2.05) is 61.5 Å². The molecule has 0 aliphatic heterocycles. The van der Waals surface area contributed by atoms with E-state index in [4.69, 9.17) is 4.74 Å². The van der Waals surface area contributed by atoms with Gasteiger partial charge in [-0.1, -0.05) is 41.5 Å². The summed E-state index contributed by atoms with van der Waals surface area (Å²) in [6.07, 6.45) is 0.822. The zero-order chi connectivity index (χ0) is 22.2. The SMILES string of the molecule is CC.CCc1cc(OC)c(C)cc1O.Cc1cc(O)c(C(C)(C)C)c(C)c1O. The van der Waals surface area contributed by atoms with E-state index in [2.05, 4.69) is 0 Å². The fraction of sp³-hybridized carbons (Fsp3) is 0.500. The summed E-state index contributed by atoms with van der Waals surface area (Å²) >= 11 is 0. The summed E-state index contributed by atoms with van der Waals surface area (Å²) in [6, 6.07) is 5.23. The van der Waals surface area contributed by atoms with Gasteiger partial charge in [0.05, 0.1) is 7.11 Å². The molecule has 0 aliphatic rings. The summed E-state index contributed by atoms with van der Waals surface area (Å²) in [6.45, 7) is 17.6. The van der Waals surface area contributed by atoms with Gasteiger partial charge < -0.3 is 20.1 Å². The van der Waals surface area contributed by atoms with Gasteiger partial charge in [0.2, 0.25) is 0 Å². The summed E-state index contributed by atoms with van der Waals surface area (Å²) in [5.74, 6) is 1.75. The molecule has 0 heterocycles. The minimum absolute atomic E-state index is 0.153. The second-order valence-electron chi connectivity index (χ2n) is 7.62. The van der Waals surface area contributed by atoms with Crippen molar-refractivity contribution >= 4 is 0 Å². The molecule has 28 heavy (non-hydrogen) atoms. The smallest absolute Gasteiger partial charge is 0.122 e. The molecule has 3 N–H and O–H groups in total. The van der Waals surface area contributed by atoms with Crippen molar-refractivity contribution in [2.45, 2.75) is 74.1 Å². The average Bonchev–Trinajstić information content (AvgIpc) is 2.61. The Morgan fingerprint density at radius 1 is 0.857 bits per heavy atom. The molecule has 0 saturated heterocycles. The monoisotopic (exact) mass is 390 g/mol. The topological polar surface area (TPSA) is 69.9 Å². The first kappa shape index (κ1) is 25.6. The number of methoxy groups -OCH3 is 1. The van der Waals surface area contributed by atoms with Crippen molar-refractivity contribution in [3.63, 3.8) is 0 Å². The summed E-state index contributed by atoms with van der Waals surface area (Å²) < 4.78 is 5.13. The van der Waals surface area contributed by atoms with Gasteiger partial charge >= 0.3 is 0 Å². The maximum absolute atomic E-state index is 9.82. The van der Waals surface area contributed by atoms with Gasteiger partial charge in [-0.15, -0.1) is 0 Å². The van der Waals surface area contributed by atoms with Crippen molar-refractivity contribution in [3.05, 3.63) is 46.0 Å². The van der Waals surface area contributed by atoms with E-state index in [1.54, 1.807) is 26.2 Å². The van der Waals surface area contributed by atoms with Crippen LogP contribution in [-0.4, -0.2) is 22.4 Å². The standard InChI is InChI=1S/C12H18O2.C10H14O2.C2H6/c1-7-6-9(13)10(12(3,4)5)8(2)11(7)14;1-4-8-6-10(12-3)7(2)5-9(8)11;1-2/h6,13-14H,1-5H3;5-6,11H,4H2,1-3H3;1-2H3. The third kappa shape index (κ3) is 6.36. The van der Waals surface area contributed by atoms with Crippen LogP contribution in [0, 0.1) is 20.8 Å². The van der Waals surface area contributed by atoms with Crippen molar-refractivity contribution < 1.29 is 20.1 Å². The van der Waals surface area contributed by atoms with Crippen molar-refractivity contribution in [2.75, 3.05) is 7.11 Å². The van der Waals surface area contributed by atoms with Crippen LogP contribution >= 0.6 is 0 Å². The number of rotatable bonds is 2. The number of ether oxygens (including phenoxy) is 1. The van der Waals surface area contributed by atoms with Crippen LogP contribution in [0.2, 0.25) is 0 Å². The quantitative estimate of drug-likeness (QED) is 0.526. The number of aryl methyl sites for hydroxylation is 3. The maximum atomic E-state index is 9.82. The summed E-state index contributed by atoms with van der Waals surface area (Å²) in [7, 11) is 1.64. The normalized spacial score (nSPS) is 10.4. The van der Waals surface area contributed by atoms with E-state index in [0.29, 0.717) is 11.3 Å². The molecule has 0 saturated carbocycles. The van der Waals surface area contributed by atoms with Crippen molar-refractivity contribution in [1.29, 1.82) is 0 Å². The van der Waals surface area contributed by atoms with Gasteiger partial charge in [-0.05, 0) is 73.1 Å². The molecule has 158 valence electrons. The van der Waals surface area contributed by atoms with Crippen LogP contribution in [0.1, 0.15) is 69.4 Å². The highest BCUT2D eigenvalue weighted by Crippen LogP contribution is 2.39. The number of hydrogen-bond donors (Lipinski definition) is 3. The van der Waals surface area contributed by atoms with E-state index in [-0.39, 0.29) is 16.9 Å². The zero-order valence-corrected chi connectivity index (χ0v) is 19.2. The Kier molecular flexibility index (Phi) is 9.93. The molecule has 4 heteroatoms. The highest BCUT2D eigenvalue weighted by molar-refractivity contribution is 5.54. The lowest BCUT2D eigenvalue weighted by molar-refractivity contribution is 0.407. The Hall–Kier alpha value is -2.36. The fourth-order valence-corrected chi connectivity index (χ4v) is 3.12. The molecular weight excluding hydrogens is 352 g/mol. The Labute approximate surface area is 170 Å². The van der Waals surface area contributed by atoms with Gasteiger partial charge in [0.15, 0.2) is 0 Å². The van der Waals surface area contributed by atoms with Gasteiger partial charge in [0, 0.05) is 5.56 Å². The van der Waals surface area contributed by atoms with Gasteiger partial charge in [-0.2, -0.15) is 0 Å². The first-order valence-electron chi connectivity index (χ1n) is 9.83. The lowest BCUT2D eigenvalue weighted by Gasteiger charge is -2.24. The molecule has 2 aromatic carbocycles. The van der Waals surface area contributed by atoms with Gasteiger partial charge in [0.1, 0.15) is 23.0 Å². The maximum Gasteiger partial charge on any atom is 0.122 e. The average molecular weight is 391 g/mol. The Morgan fingerprint density at radius 3 is 1.79 bits per heavy atom. The second kappa shape index (κ2) is 10.8. The third-order valence-corrected chi connectivity index (χ3v) is 4.44. The van der Waals surface area contributed by atoms with E-state index >= 15 is 0 Å². The molecule has 0 aromatic heterocycles. The first-order chi connectivity index (χ1) is 12.9. The molecule has 2 rings (SSSR count). The van der Waals surface area contributed by atoms with Crippen molar-refractivity contribution in [1.82, 2.24) is 0 Å². The summed E-state index contributed by atoms with van der Waals surface area (Å²) in [5, 5.41) is 29.0. The Bertz CT molecular complexity index is 746. The van der Waals surface area contributed by atoms with Crippen LogP contribution < -0.4 is 4.74 Å². The molecule has 0 atom stereocenters. The summed E-state index contributed by atoms with van der Waals surface area (Å²) in [5.41, 5.74) is 4.05. The molecule has 0 bridgehead atoms. The lowest BCUT2D eigenvalue weighted by atomic mass is 9.82. The number of hydrogen-bond acceptors (Lipinski definition) is 4. The first-order valence-corrected chi connectivity index (χ1v) is 9.83. The number of phenols is 3. The minimum atomic E-state index is -0.153. The number of phenolic OH excluding ortho intramolecular Hbond substituents is 3. The largest absolute Gasteiger partial charge is 0.508 e. The van der Waals surface area contributed by atoms with Gasteiger partial charge in [-0.3, -0.25) is 0 Å². The number of aromatic hydroxyl groups is 3. The molecule has 0 unspecified atom stereocenters. The van der Waals surface area contributed by atoms with Crippen LogP contribution in [0.25, 0.3) is 0 Å². The van der Waals surface area contributed by atoms with E-state index in [0.717, 1.165) is 34.4 Å². The summed E-state index contributed by atoms with van der Waals surface area (Å²) in [4.78, 5) is 0. The zero-order valence-electron chi connectivity index (χ0n) is 19.2. The molecule has 0 spiro atoms. The number of benzene rings is 2. The molecule has 0 radical (unpaired) electrons. The van der Waals surface area contributed by atoms with E-state index in [1.165, 1.54) is 0 Å². The lowest BCUT2D eigenvalue weighted by Crippen LogP contribution is -2.13. The van der Waals surface area contributed by atoms with Crippen molar-refractivity contribution in [3.8, 4) is 23.0 Å². The predicted molar refractivity (Wildman–Crippen MR) is 118 cm³/mol. The molecule has 2 aromatic rings. The fourth-order valence-electron chi connectivity index (χ4n) is 3.12. The third-order valence-electron chi connectivity index (χ3n) is 4.44. The van der Waals surface area contributed by atoms with Crippen LogP contribution in [0.3, 0.4) is 0 Å². The van der Waals surface area contributed by atoms with Crippen LogP contribution in [0.5, 0.6) is 23.0 Å². The Balaban J connectivity index is 0.000000483. The highest BCUT2D eigenvalue weighted by atomic mass is 16.5. The van der Waals surface area contributed by atoms with Crippen molar-refractivity contribution in [2.24, 2.45) is 0 Å². The molecule has 0 fully saturated rings. The molecule has 4 nitrogen and oxygen atoms in total.